The van der Waals surface area contributed by atoms with E-state index in [0.29, 0.717) is 13.0 Å². The Labute approximate surface area is 97.2 Å². The highest BCUT2D eigenvalue weighted by Crippen LogP contribution is 2.25. The minimum atomic E-state index is -0.186. The summed E-state index contributed by atoms with van der Waals surface area (Å²) in [6.07, 6.45) is 2.11. The molecule has 0 aromatic rings. The summed E-state index contributed by atoms with van der Waals surface area (Å²) in [7, 11) is 1.54. The first kappa shape index (κ1) is 14.9. The molecule has 0 atom stereocenters. The summed E-state index contributed by atoms with van der Waals surface area (Å²) in [6.45, 7) is 4.86. The third kappa shape index (κ3) is 7.23. The van der Waals surface area contributed by atoms with Crippen molar-refractivity contribution in [3.05, 3.63) is 0 Å². The van der Waals surface area contributed by atoms with E-state index in [1.54, 1.807) is 7.05 Å². The fraction of sp³-hybridized carbons (Fsp3) is 0.818. The lowest BCUT2D eigenvalue weighted by Gasteiger charge is -2.23. The number of nitrogens with two attached hydrogens (primary N) is 1. The Kier molecular flexibility index (Phi) is 6.72. The van der Waals surface area contributed by atoms with Gasteiger partial charge in [-0.15, -0.1) is 0 Å². The average molecular weight is 229 g/mol. The maximum atomic E-state index is 11.4. The van der Waals surface area contributed by atoms with Crippen LogP contribution in [0.3, 0.4) is 0 Å². The molecular formula is C11H23N3O2. The lowest BCUT2D eigenvalue weighted by atomic mass is 9.84. The third-order valence-corrected chi connectivity index (χ3v) is 2.57. The molecule has 0 bridgehead atoms. The Hall–Kier alpha value is -1.10. The minimum Gasteiger partial charge on any atom is -0.358 e. The smallest absolute Gasteiger partial charge is 0.239 e. The maximum absolute atomic E-state index is 11.4. The van der Waals surface area contributed by atoms with Gasteiger partial charge in [0.15, 0.2) is 0 Å². The standard InChI is InChI=1S/C11H23N3O2/c1-11(2,6-7-12)5-4-9(15)14-8-10(16)13-3/h4-8,12H2,1-3H3,(H,13,16)(H,14,15). The van der Waals surface area contributed by atoms with Crippen molar-refractivity contribution in [2.24, 2.45) is 11.1 Å². The van der Waals surface area contributed by atoms with Gasteiger partial charge >= 0.3 is 0 Å². The molecule has 0 aliphatic rings. The van der Waals surface area contributed by atoms with Crippen LogP contribution >= 0.6 is 0 Å². The second-order valence-electron chi connectivity index (χ2n) is 4.65. The largest absolute Gasteiger partial charge is 0.358 e. The van der Waals surface area contributed by atoms with Crippen LogP contribution in [0.4, 0.5) is 0 Å². The van der Waals surface area contributed by atoms with Gasteiger partial charge in [-0.3, -0.25) is 9.59 Å². The zero-order valence-electron chi connectivity index (χ0n) is 10.4. The van der Waals surface area contributed by atoms with E-state index in [1.807, 2.05) is 0 Å². The molecule has 0 spiro atoms. The Morgan fingerprint density at radius 2 is 1.81 bits per heavy atom. The second-order valence-corrected chi connectivity index (χ2v) is 4.65. The number of nitrogens with one attached hydrogen (secondary N) is 2. The topological polar surface area (TPSA) is 84.2 Å². The van der Waals surface area contributed by atoms with Gasteiger partial charge in [-0.05, 0) is 24.8 Å². The van der Waals surface area contributed by atoms with E-state index in [2.05, 4.69) is 24.5 Å². The van der Waals surface area contributed by atoms with E-state index in [9.17, 15) is 9.59 Å². The average Bonchev–Trinajstić information content (AvgIpc) is 2.23. The van der Waals surface area contributed by atoms with Crippen LogP contribution in [0, 0.1) is 5.41 Å². The van der Waals surface area contributed by atoms with Crippen LogP contribution in [0.25, 0.3) is 0 Å². The van der Waals surface area contributed by atoms with E-state index >= 15 is 0 Å². The number of rotatable bonds is 7. The third-order valence-electron chi connectivity index (χ3n) is 2.57. The molecular weight excluding hydrogens is 206 g/mol. The predicted molar refractivity (Wildman–Crippen MR) is 63.8 cm³/mol. The van der Waals surface area contributed by atoms with Crippen LogP contribution in [0.15, 0.2) is 0 Å². The van der Waals surface area contributed by atoms with Gasteiger partial charge in [0.1, 0.15) is 0 Å². The van der Waals surface area contributed by atoms with Gasteiger partial charge in [0.2, 0.25) is 11.8 Å². The molecule has 94 valence electrons. The van der Waals surface area contributed by atoms with Crippen LogP contribution in [-0.2, 0) is 9.59 Å². The summed E-state index contributed by atoms with van der Waals surface area (Å²) in [5.74, 6) is -0.275. The molecule has 16 heavy (non-hydrogen) atoms. The van der Waals surface area contributed by atoms with Gasteiger partial charge in [0.05, 0.1) is 6.54 Å². The molecule has 0 aliphatic carbocycles. The lowest BCUT2D eigenvalue weighted by Crippen LogP contribution is -2.35. The highest BCUT2D eigenvalue weighted by atomic mass is 16.2. The Morgan fingerprint density at radius 3 is 2.31 bits per heavy atom. The normalized spacial score (nSPS) is 11.0. The molecule has 5 nitrogen and oxygen atoms in total. The van der Waals surface area contributed by atoms with Crippen molar-refractivity contribution in [2.75, 3.05) is 20.1 Å². The van der Waals surface area contributed by atoms with Crippen LogP contribution in [0.1, 0.15) is 33.1 Å². The maximum Gasteiger partial charge on any atom is 0.239 e. The van der Waals surface area contributed by atoms with Crippen molar-refractivity contribution in [2.45, 2.75) is 33.1 Å². The molecule has 0 heterocycles. The molecule has 0 saturated heterocycles. The van der Waals surface area contributed by atoms with Gasteiger partial charge in [-0.2, -0.15) is 0 Å². The van der Waals surface area contributed by atoms with E-state index in [-0.39, 0.29) is 23.8 Å². The molecule has 2 amide bonds. The first-order valence-corrected chi connectivity index (χ1v) is 5.58. The molecule has 0 radical (unpaired) electrons. The van der Waals surface area contributed by atoms with Crippen molar-refractivity contribution in [3.8, 4) is 0 Å². The number of hydrogen-bond donors (Lipinski definition) is 3. The van der Waals surface area contributed by atoms with E-state index in [1.165, 1.54) is 0 Å². The first-order valence-electron chi connectivity index (χ1n) is 5.58. The molecule has 0 aromatic carbocycles. The fourth-order valence-corrected chi connectivity index (χ4v) is 1.32. The molecule has 0 fully saturated rings. The molecule has 0 aliphatic heterocycles. The molecule has 0 rings (SSSR count). The molecule has 0 unspecified atom stereocenters. The quantitative estimate of drug-likeness (QED) is 0.574. The van der Waals surface area contributed by atoms with E-state index in [0.717, 1.165) is 12.8 Å². The van der Waals surface area contributed by atoms with E-state index in [4.69, 9.17) is 5.73 Å². The van der Waals surface area contributed by atoms with E-state index < -0.39 is 0 Å². The van der Waals surface area contributed by atoms with Gasteiger partial charge in [-0.25, -0.2) is 0 Å². The van der Waals surface area contributed by atoms with Crippen molar-refractivity contribution >= 4 is 11.8 Å². The molecule has 0 aromatic heterocycles. The van der Waals surface area contributed by atoms with Gasteiger partial charge in [-0.1, -0.05) is 13.8 Å². The minimum absolute atomic E-state index is 0.0483. The summed E-state index contributed by atoms with van der Waals surface area (Å²) in [5, 5.41) is 5.01. The van der Waals surface area contributed by atoms with Gasteiger partial charge < -0.3 is 16.4 Å². The second kappa shape index (κ2) is 7.22. The summed E-state index contributed by atoms with van der Waals surface area (Å²) in [4.78, 5) is 22.3. The molecule has 5 heteroatoms. The van der Waals surface area contributed by atoms with Gasteiger partial charge in [0.25, 0.3) is 0 Å². The van der Waals surface area contributed by atoms with Gasteiger partial charge in [0, 0.05) is 13.5 Å². The van der Waals surface area contributed by atoms with Crippen LogP contribution in [0.2, 0.25) is 0 Å². The fourth-order valence-electron chi connectivity index (χ4n) is 1.32. The Morgan fingerprint density at radius 1 is 1.19 bits per heavy atom. The monoisotopic (exact) mass is 229 g/mol. The molecule has 0 saturated carbocycles. The predicted octanol–water partition coefficient (Wildman–Crippen LogP) is 0.00380. The SMILES string of the molecule is CNC(=O)CNC(=O)CCC(C)(C)CCN. The summed E-state index contributed by atoms with van der Waals surface area (Å²) in [6, 6.07) is 0. The summed E-state index contributed by atoms with van der Waals surface area (Å²) < 4.78 is 0. The Bertz CT molecular complexity index is 239. The van der Waals surface area contributed by atoms with Crippen LogP contribution in [-0.4, -0.2) is 32.0 Å². The summed E-state index contributed by atoms with van der Waals surface area (Å²) in [5.41, 5.74) is 5.57. The van der Waals surface area contributed by atoms with Crippen molar-refractivity contribution in [1.82, 2.24) is 10.6 Å². The number of likely N-dealkylation sites (N-methyl/N-ethyl adjacent to an activating group) is 1. The summed E-state index contributed by atoms with van der Waals surface area (Å²) >= 11 is 0. The van der Waals surface area contributed by atoms with Crippen LogP contribution < -0.4 is 16.4 Å². The first-order chi connectivity index (χ1) is 7.41. The zero-order chi connectivity index (χ0) is 12.6. The highest BCUT2D eigenvalue weighted by molar-refractivity contribution is 5.84. The van der Waals surface area contributed by atoms with Crippen molar-refractivity contribution in [3.63, 3.8) is 0 Å². The van der Waals surface area contributed by atoms with Crippen molar-refractivity contribution < 1.29 is 9.59 Å². The number of carbonyl (C=O) groups excluding carboxylic acids is 2. The number of hydrogen-bond acceptors (Lipinski definition) is 3. The molecule has 4 N–H and O–H groups in total. The highest BCUT2D eigenvalue weighted by Gasteiger charge is 2.18. The Balaban J connectivity index is 3.76. The number of carbonyl (C=O) groups is 2. The van der Waals surface area contributed by atoms with Crippen molar-refractivity contribution in [1.29, 1.82) is 0 Å². The zero-order valence-corrected chi connectivity index (χ0v) is 10.4. The lowest BCUT2D eigenvalue weighted by molar-refractivity contribution is -0.126. The number of amides is 2. The van der Waals surface area contributed by atoms with Crippen LogP contribution in [0.5, 0.6) is 0 Å².